The first-order valence-electron chi connectivity index (χ1n) is 6.64. The number of nitrogens with one attached hydrogen (secondary N) is 1. The molecule has 0 unspecified atom stereocenters. The van der Waals surface area contributed by atoms with Gasteiger partial charge in [0.1, 0.15) is 0 Å². The molecule has 0 amide bonds. The number of hydrogen-bond donors (Lipinski definition) is 1. The van der Waals surface area contributed by atoms with Crippen LogP contribution in [-0.4, -0.2) is 31.1 Å². The smallest absolute Gasteiger partial charge is 0.0233 e. The second-order valence-corrected chi connectivity index (χ2v) is 5.31. The molecule has 1 aromatic rings. The van der Waals surface area contributed by atoms with Crippen LogP contribution in [0.1, 0.15) is 29.5 Å². The molecule has 2 nitrogen and oxygen atoms in total. The lowest BCUT2D eigenvalue weighted by Gasteiger charge is -2.31. The van der Waals surface area contributed by atoms with Crippen LogP contribution in [0.25, 0.3) is 0 Å². The van der Waals surface area contributed by atoms with E-state index in [1.165, 1.54) is 42.6 Å². The van der Waals surface area contributed by atoms with Gasteiger partial charge in [-0.1, -0.05) is 18.2 Å². The van der Waals surface area contributed by atoms with E-state index < -0.39 is 0 Å². The summed E-state index contributed by atoms with van der Waals surface area (Å²) in [6, 6.07) is 7.58. The van der Waals surface area contributed by atoms with E-state index in [2.05, 4.69) is 49.3 Å². The molecule has 18 heavy (non-hydrogen) atoms. The number of aryl methyl sites for hydroxylation is 2. The van der Waals surface area contributed by atoms with Crippen molar-refractivity contribution in [2.75, 3.05) is 20.1 Å². The Morgan fingerprint density at radius 1 is 1.17 bits per heavy atom. The zero-order valence-corrected chi connectivity index (χ0v) is 12.5. The van der Waals surface area contributed by atoms with Crippen LogP contribution in [0.4, 0.5) is 0 Å². The highest BCUT2D eigenvalue weighted by Gasteiger charge is 2.17. The number of piperidine rings is 1. The highest BCUT2D eigenvalue weighted by molar-refractivity contribution is 5.85. The molecule has 0 aromatic heterocycles. The molecule has 1 fully saturated rings. The number of hydrogen-bond acceptors (Lipinski definition) is 2. The summed E-state index contributed by atoms with van der Waals surface area (Å²) < 4.78 is 0. The molecule has 1 saturated heterocycles. The summed E-state index contributed by atoms with van der Waals surface area (Å²) in [5.74, 6) is 0. The maximum absolute atomic E-state index is 3.42. The van der Waals surface area contributed by atoms with Gasteiger partial charge in [0.05, 0.1) is 0 Å². The largest absolute Gasteiger partial charge is 0.317 e. The van der Waals surface area contributed by atoms with Gasteiger partial charge < -0.3 is 5.32 Å². The van der Waals surface area contributed by atoms with Crippen LogP contribution in [0.2, 0.25) is 0 Å². The molecule has 1 aromatic carbocycles. The third-order valence-electron chi connectivity index (χ3n) is 3.94. The lowest BCUT2D eigenvalue weighted by atomic mass is 10.0. The van der Waals surface area contributed by atoms with Crippen molar-refractivity contribution in [3.8, 4) is 0 Å². The van der Waals surface area contributed by atoms with Crippen LogP contribution in [0.15, 0.2) is 18.2 Å². The van der Waals surface area contributed by atoms with E-state index in [1.54, 1.807) is 0 Å². The fourth-order valence-corrected chi connectivity index (χ4v) is 2.57. The summed E-state index contributed by atoms with van der Waals surface area (Å²) in [5.41, 5.74) is 4.23. The number of benzene rings is 1. The summed E-state index contributed by atoms with van der Waals surface area (Å²) in [5, 5.41) is 3.42. The third kappa shape index (κ3) is 3.98. The zero-order valence-electron chi connectivity index (χ0n) is 11.7. The second kappa shape index (κ2) is 7.13. The molecule has 0 radical (unpaired) electrons. The number of halogens is 1. The Morgan fingerprint density at radius 2 is 1.83 bits per heavy atom. The SMILES string of the molecule is Cc1ccc(CN(C)C2CCNCC2)cc1C.Cl. The molecule has 0 bridgehead atoms. The van der Waals surface area contributed by atoms with Crippen molar-refractivity contribution >= 4 is 12.4 Å². The third-order valence-corrected chi connectivity index (χ3v) is 3.94. The standard InChI is InChI=1S/C15H24N2.ClH/c1-12-4-5-14(10-13(12)2)11-17(3)15-6-8-16-9-7-15;/h4-5,10,15-16H,6-9,11H2,1-3H3;1H. The van der Waals surface area contributed by atoms with Crippen molar-refractivity contribution in [1.29, 1.82) is 0 Å². The van der Waals surface area contributed by atoms with E-state index in [4.69, 9.17) is 0 Å². The summed E-state index contributed by atoms with van der Waals surface area (Å²) in [6.45, 7) is 7.79. The van der Waals surface area contributed by atoms with Gasteiger partial charge in [-0.15, -0.1) is 12.4 Å². The van der Waals surface area contributed by atoms with Crippen molar-refractivity contribution in [3.05, 3.63) is 34.9 Å². The predicted octanol–water partition coefficient (Wildman–Crippen LogP) is 2.91. The average molecular weight is 269 g/mol. The Kier molecular flexibility index (Phi) is 6.13. The topological polar surface area (TPSA) is 15.3 Å². The minimum Gasteiger partial charge on any atom is -0.317 e. The summed E-state index contributed by atoms with van der Waals surface area (Å²) in [6.07, 6.45) is 2.56. The van der Waals surface area contributed by atoms with Crippen LogP contribution in [-0.2, 0) is 6.54 Å². The molecule has 0 spiro atoms. The summed E-state index contributed by atoms with van der Waals surface area (Å²) >= 11 is 0. The molecule has 3 heteroatoms. The number of rotatable bonds is 3. The zero-order chi connectivity index (χ0) is 12.3. The molecule has 1 aliphatic rings. The summed E-state index contributed by atoms with van der Waals surface area (Å²) in [4.78, 5) is 2.50. The van der Waals surface area contributed by atoms with E-state index in [9.17, 15) is 0 Å². The fraction of sp³-hybridized carbons (Fsp3) is 0.600. The van der Waals surface area contributed by atoms with E-state index in [1.807, 2.05) is 0 Å². The van der Waals surface area contributed by atoms with E-state index >= 15 is 0 Å². The normalized spacial score (nSPS) is 16.7. The van der Waals surface area contributed by atoms with E-state index in [0.717, 1.165) is 12.6 Å². The van der Waals surface area contributed by atoms with Crippen molar-refractivity contribution < 1.29 is 0 Å². The molecular weight excluding hydrogens is 244 g/mol. The highest BCUT2D eigenvalue weighted by Crippen LogP contribution is 2.15. The molecule has 0 aliphatic carbocycles. The molecular formula is C15H25ClN2. The first kappa shape index (κ1) is 15.5. The minimum atomic E-state index is 0. The van der Waals surface area contributed by atoms with Crippen molar-refractivity contribution in [1.82, 2.24) is 10.2 Å². The fourth-order valence-electron chi connectivity index (χ4n) is 2.57. The van der Waals surface area contributed by atoms with Gasteiger partial charge in [-0.2, -0.15) is 0 Å². The van der Waals surface area contributed by atoms with Crippen LogP contribution in [0, 0.1) is 13.8 Å². The monoisotopic (exact) mass is 268 g/mol. The molecule has 0 atom stereocenters. The van der Waals surface area contributed by atoms with Gasteiger partial charge >= 0.3 is 0 Å². The van der Waals surface area contributed by atoms with Gasteiger partial charge in [0.15, 0.2) is 0 Å². The van der Waals surface area contributed by atoms with E-state index in [-0.39, 0.29) is 12.4 Å². The van der Waals surface area contributed by atoms with E-state index in [0.29, 0.717) is 0 Å². The molecule has 102 valence electrons. The second-order valence-electron chi connectivity index (χ2n) is 5.31. The van der Waals surface area contributed by atoms with Gasteiger partial charge in [0.2, 0.25) is 0 Å². The average Bonchev–Trinajstić information content (AvgIpc) is 2.35. The summed E-state index contributed by atoms with van der Waals surface area (Å²) in [7, 11) is 2.26. The van der Waals surface area contributed by atoms with Crippen LogP contribution in [0.5, 0.6) is 0 Å². The number of nitrogens with zero attached hydrogens (tertiary/aromatic N) is 1. The maximum atomic E-state index is 3.42. The molecule has 1 aliphatic heterocycles. The molecule has 0 saturated carbocycles. The first-order chi connectivity index (χ1) is 8.16. The van der Waals surface area contributed by atoms with Crippen LogP contribution >= 0.6 is 12.4 Å². The Bertz CT molecular complexity index is 373. The van der Waals surface area contributed by atoms with Gasteiger partial charge in [-0.25, -0.2) is 0 Å². The van der Waals surface area contributed by atoms with Gasteiger partial charge in [-0.3, -0.25) is 4.90 Å². The Hall–Kier alpha value is -0.570. The first-order valence-corrected chi connectivity index (χ1v) is 6.64. The Morgan fingerprint density at radius 3 is 2.44 bits per heavy atom. The lowest BCUT2D eigenvalue weighted by Crippen LogP contribution is -2.40. The maximum Gasteiger partial charge on any atom is 0.0233 e. The molecule has 1 N–H and O–H groups in total. The molecule has 2 rings (SSSR count). The van der Waals surface area contributed by atoms with Crippen molar-refractivity contribution in [2.24, 2.45) is 0 Å². The van der Waals surface area contributed by atoms with Gasteiger partial charge in [0.25, 0.3) is 0 Å². The highest BCUT2D eigenvalue weighted by atomic mass is 35.5. The van der Waals surface area contributed by atoms with Crippen molar-refractivity contribution in [2.45, 2.75) is 39.3 Å². The predicted molar refractivity (Wildman–Crippen MR) is 80.5 cm³/mol. The van der Waals surface area contributed by atoms with Crippen LogP contribution in [0.3, 0.4) is 0 Å². The molecule has 1 heterocycles. The van der Waals surface area contributed by atoms with Gasteiger partial charge in [0, 0.05) is 12.6 Å². The Labute approximate surface area is 117 Å². The van der Waals surface area contributed by atoms with Gasteiger partial charge in [-0.05, 0) is 63.5 Å². The lowest BCUT2D eigenvalue weighted by molar-refractivity contribution is 0.192. The van der Waals surface area contributed by atoms with Crippen molar-refractivity contribution in [3.63, 3.8) is 0 Å². The van der Waals surface area contributed by atoms with Crippen LogP contribution < -0.4 is 5.32 Å². The Balaban J connectivity index is 0.00000162. The minimum absolute atomic E-state index is 0. The quantitative estimate of drug-likeness (QED) is 0.907.